The van der Waals surface area contributed by atoms with Gasteiger partial charge in [0.25, 0.3) is 5.91 Å². The Balaban J connectivity index is 1.78. The number of carboxylic acid groups (broad SMARTS) is 1. The zero-order valence-corrected chi connectivity index (χ0v) is 15.0. The molecule has 1 amide bonds. The Labute approximate surface area is 151 Å². The molecule has 7 nitrogen and oxygen atoms in total. The summed E-state index contributed by atoms with van der Waals surface area (Å²) in [5, 5.41) is 12.5. The maximum atomic E-state index is 12.7. The van der Waals surface area contributed by atoms with Crippen LogP contribution >= 0.6 is 0 Å². The number of amides is 1. The van der Waals surface area contributed by atoms with Gasteiger partial charge in [-0.2, -0.15) is 0 Å². The Morgan fingerprint density at radius 2 is 2.04 bits per heavy atom. The molecule has 0 saturated heterocycles. The maximum Gasteiger partial charge on any atom is 0.330 e. The van der Waals surface area contributed by atoms with Gasteiger partial charge in [0.2, 0.25) is 0 Å². The van der Waals surface area contributed by atoms with Crippen LogP contribution in [0.15, 0.2) is 41.3 Å². The number of carbonyl (C=O) groups is 2. The minimum absolute atomic E-state index is 0.210. The summed E-state index contributed by atoms with van der Waals surface area (Å²) in [5.74, 6) is -0.886. The third-order valence-electron chi connectivity index (χ3n) is 5.32. The molecule has 138 valence electrons. The predicted molar refractivity (Wildman–Crippen MR) is 93.6 cm³/mol. The molecule has 2 aromatic rings. The smallest absolute Gasteiger partial charge is 0.330 e. The monoisotopic (exact) mass is 358 g/mol. The molecule has 1 aliphatic carbocycles. The molecule has 1 heterocycles. The quantitative estimate of drug-likeness (QED) is 0.823. The van der Waals surface area contributed by atoms with Gasteiger partial charge < -0.3 is 19.6 Å². The molecular formula is C19H22N2O5. The number of rotatable bonds is 6. The second kappa shape index (κ2) is 6.57. The summed E-state index contributed by atoms with van der Waals surface area (Å²) in [5.41, 5.74) is -0.908. The lowest BCUT2D eigenvalue weighted by molar-refractivity contribution is -0.190. The summed E-state index contributed by atoms with van der Waals surface area (Å²) >= 11 is 0. The molecular weight excluding hydrogens is 336 g/mol. The number of oxazole rings is 1. The Morgan fingerprint density at radius 3 is 2.54 bits per heavy atom. The van der Waals surface area contributed by atoms with Gasteiger partial charge in [-0.15, -0.1) is 0 Å². The predicted octanol–water partition coefficient (Wildman–Crippen LogP) is 2.73. The number of nitrogens with one attached hydrogen (secondary N) is 1. The fourth-order valence-electron chi connectivity index (χ4n) is 3.45. The molecule has 1 fully saturated rings. The van der Waals surface area contributed by atoms with Crippen LogP contribution in [0.5, 0.6) is 0 Å². The van der Waals surface area contributed by atoms with Gasteiger partial charge in [0.15, 0.2) is 12.2 Å². The summed E-state index contributed by atoms with van der Waals surface area (Å²) in [6, 6.07) is 6.73. The molecule has 0 aliphatic heterocycles. The van der Waals surface area contributed by atoms with Crippen LogP contribution in [0, 0.1) is 5.41 Å². The lowest BCUT2D eigenvalue weighted by Gasteiger charge is -2.58. The van der Waals surface area contributed by atoms with E-state index in [0.717, 1.165) is 5.56 Å². The van der Waals surface area contributed by atoms with Crippen molar-refractivity contribution in [2.45, 2.75) is 38.8 Å². The fourth-order valence-corrected chi connectivity index (χ4v) is 3.45. The standard InChI is InChI=1S/C19H22N2O5/c1-4-25-15-9-19(17(23)24,18(15,2)3)21-16(22)13-7-5-12(6-8-13)14-10-20-11-26-14/h5-8,10-11,15H,4,9H2,1-3H3,(H,21,22)(H,23,24). The van der Waals surface area contributed by atoms with Crippen LogP contribution in [0.25, 0.3) is 11.3 Å². The van der Waals surface area contributed by atoms with E-state index in [1.165, 1.54) is 6.39 Å². The lowest BCUT2D eigenvalue weighted by Crippen LogP contribution is -2.76. The van der Waals surface area contributed by atoms with Crippen LogP contribution < -0.4 is 5.32 Å². The number of benzene rings is 1. The number of carbonyl (C=O) groups excluding carboxylic acids is 1. The number of nitrogens with zero attached hydrogens (tertiary/aromatic N) is 1. The summed E-state index contributed by atoms with van der Waals surface area (Å²) in [7, 11) is 0. The minimum Gasteiger partial charge on any atom is -0.479 e. The van der Waals surface area contributed by atoms with Gasteiger partial charge in [0.1, 0.15) is 5.54 Å². The van der Waals surface area contributed by atoms with E-state index >= 15 is 0 Å². The zero-order chi connectivity index (χ0) is 18.9. The van der Waals surface area contributed by atoms with E-state index in [4.69, 9.17) is 9.15 Å². The molecule has 2 N–H and O–H groups in total. The molecule has 1 aromatic heterocycles. The number of hydrogen-bond acceptors (Lipinski definition) is 5. The van der Waals surface area contributed by atoms with Crippen LogP contribution in [0.2, 0.25) is 0 Å². The molecule has 1 aliphatic rings. The fraction of sp³-hybridized carbons (Fsp3) is 0.421. The Hall–Kier alpha value is -2.67. The first-order valence-corrected chi connectivity index (χ1v) is 8.48. The highest BCUT2D eigenvalue weighted by molar-refractivity contribution is 5.99. The first-order valence-electron chi connectivity index (χ1n) is 8.48. The largest absolute Gasteiger partial charge is 0.479 e. The normalized spacial score (nSPS) is 23.9. The van der Waals surface area contributed by atoms with E-state index in [2.05, 4.69) is 10.3 Å². The molecule has 7 heteroatoms. The van der Waals surface area contributed by atoms with E-state index < -0.39 is 22.8 Å². The van der Waals surface area contributed by atoms with Gasteiger partial charge in [-0.3, -0.25) is 4.79 Å². The molecule has 2 unspecified atom stereocenters. The van der Waals surface area contributed by atoms with E-state index in [9.17, 15) is 14.7 Å². The molecule has 0 spiro atoms. The van der Waals surface area contributed by atoms with Crippen LogP contribution in [-0.2, 0) is 9.53 Å². The summed E-state index contributed by atoms with van der Waals surface area (Å²) < 4.78 is 10.8. The molecule has 1 aromatic carbocycles. The van der Waals surface area contributed by atoms with Crippen LogP contribution in [0.3, 0.4) is 0 Å². The molecule has 3 rings (SSSR count). The van der Waals surface area contributed by atoms with Crippen molar-refractivity contribution in [2.24, 2.45) is 5.41 Å². The topological polar surface area (TPSA) is 102 Å². The third kappa shape index (κ3) is 2.78. The van der Waals surface area contributed by atoms with Crippen LogP contribution in [0.4, 0.5) is 0 Å². The molecule has 0 bridgehead atoms. The van der Waals surface area contributed by atoms with Crippen LogP contribution in [0.1, 0.15) is 37.6 Å². The van der Waals surface area contributed by atoms with Gasteiger partial charge in [-0.05, 0) is 19.1 Å². The summed E-state index contributed by atoms with van der Waals surface area (Å²) in [4.78, 5) is 28.5. The van der Waals surface area contributed by atoms with Gasteiger partial charge >= 0.3 is 5.97 Å². The van der Waals surface area contributed by atoms with E-state index in [0.29, 0.717) is 17.9 Å². The zero-order valence-electron chi connectivity index (χ0n) is 15.0. The van der Waals surface area contributed by atoms with E-state index in [1.807, 2.05) is 6.92 Å². The highest BCUT2D eigenvalue weighted by Gasteiger charge is 2.66. The Morgan fingerprint density at radius 1 is 1.35 bits per heavy atom. The van der Waals surface area contributed by atoms with E-state index in [1.54, 1.807) is 44.3 Å². The number of carboxylic acids is 1. The summed E-state index contributed by atoms with van der Waals surface area (Å²) in [6.45, 7) is 5.98. The molecule has 26 heavy (non-hydrogen) atoms. The van der Waals surface area contributed by atoms with E-state index in [-0.39, 0.29) is 12.5 Å². The summed E-state index contributed by atoms with van der Waals surface area (Å²) in [6.07, 6.45) is 2.95. The van der Waals surface area contributed by atoms with Crippen molar-refractivity contribution >= 4 is 11.9 Å². The first-order chi connectivity index (χ1) is 12.3. The van der Waals surface area contributed by atoms with Crippen molar-refractivity contribution in [1.82, 2.24) is 10.3 Å². The van der Waals surface area contributed by atoms with Gasteiger partial charge in [-0.1, -0.05) is 26.0 Å². The number of ether oxygens (including phenoxy) is 1. The highest BCUT2D eigenvalue weighted by Crippen LogP contribution is 2.51. The van der Waals surface area contributed by atoms with Crippen molar-refractivity contribution < 1.29 is 23.8 Å². The highest BCUT2D eigenvalue weighted by atomic mass is 16.5. The van der Waals surface area contributed by atoms with Crippen molar-refractivity contribution in [3.8, 4) is 11.3 Å². The van der Waals surface area contributed by atoms with Crippen molar-refractivity contribution in [3.63, 3.8) is 0 Å². The second-order valence-corrected chi connectivity index (χ2v) is 6.98. The third-order valence-corrected chi connectivity index (χ3v) is 5.32. The van der Waals surface area contributed by atoms with Gasteiger partial charge in [-0.25, -0.2) is 9.78 Å². The van der Waals surface area contributed by atoms with Crippen molar-refractivity contribution in [3.05, 3.63) is 42.4 Å². The van der Waals surface area contributed by atoms with Crippen molar-refractivity contribution in [2.75, 3.05) is 6.61 Å². The Kier molecular flexibility index (Phi) is 4.58. The maximum absolute atomic E-state index is 12.7. The van der Waals surface area contributed by atoms with Gasteiger partial charge in [0, 0.05) is 29.6 Å². The minimum atomic E-state index is -1.35. The number of aliphatic carboxylic acids is 1. The molecule has 0 radical (unpaired) electrons. The van der Waals surface area contributed by atoms with Crippen molar-refractivity contribution in [1.29, 1.82) is 0 Å². The number of aromatic nitrogens is 1. The first kappa shape index (κ1) is 18.1. The molecule has 1 saturated carbocycles. The average molecular weight is 358 g/mol. The molecule has 2 atom stereocenters. The van der Waals surface area contributed by atoms with Crippen LogP contribution in [-0.4, -0.2) is 40.2 Å². The van der Waals surface area contributed by atoms with Gasteiger partial charge in [0.05, 0.1) is 12.3 Å². The Bertz CT molecular complexity index is 798. The SMILES string of the molecule is CCOC1CC(NC(=O)c2ccc(-c3cnco3)cc2)(C(=O)O)C1(C)C. The lowest BCUT2D eigenvalue weighted by atomic mass is 9.54. The number of hydrogen-bond donors (Lipinski definition) is 2. The second-order valence-electron chi connectivity index (χ2n) is 6.98. The average Bonchev–Trinajstić information content (AvgIpc) is 3.15.